The highest BCUT2D eigenvalue weighted by atomic mass is 32.1. The largest absolute Gasteiger partial charge is 0.356 e. The lowest BCUT2D eigenvalue weighted by Gasteiger charge is -2.30. The number of aromatic nitrogens is 1. The van der Waals surface area contributed by atoms with Crippen molar-refractivity contribution in [3.8, 4) is 0 Å². The number of rotatable bonds is 8. The molecular weight excluding hydrogens is 330 g/mol. The van der Waals surface area contributed by atoms with Gasteiger partial charge in [0.25, 0.3) is 0 Å². The standard InChI is InChI=1S/C19H35N5S/c1-15(2)17-14-25-18(23-17)13-22-19(20-4)21-9-5-6-10-24-11-7-16(3)8-12-24/h14-16H,5-13H2,1-4H3,(H2,20,21,22). The fourth-order valence-electron chi connectivity index (χ4n) is 3.00. The van der Waals surface area contributed by atoms with E-state index < -0.39 is 0 Å². The van der Waals surface area contributed by atoms with E-state index in [-0.39, 0.29) is 0 Å². The predicted molar refractivity (Wildman–Crippen MR) is 108 cm³/mol. The van der Waals surface area contributed by atoms with Gasteiger partial charge in [0.1, 0.15) is 5.01 Å². The van der Waals surface area contributed by atoms with Gasteiger partial charge in [-0.05, 0) is 57.2 Å². The van der Waals surface area contributed by atoms with Gasteiger partial charge in [0.05, 0.1) is 12.2 Å². The predicted octanol–water partition coefficient (Wildman–Crippen LogP) is 3.44. The Morgan fingerprint density at radius 3 is 2.72 bits per heavy atom. The number of aliphatic imine (C=N–C) groups is 1. The third kappa shape index (κ3) is 7.32. The Morgan fingerprint density at radius 1 is 1.32 bits per heavy atom. The van der Waals surface area contributed by atoms with Crippen molar-refractivity contribution in [3.63, 3.8) is 0 Å². The summed E-state index contributed by atoms with van der Waals surface area (Å²) in [5.74, 6) is 2.28. The number of nitrogens with zero attached hydrogens (tertiary/aromatic N) is 3. The quantitative estimate of drug-likeness (QED) is 0.421. The van der Waals surface area contributed by atoms with Gasteiger partial charge >= 0.3 is 0 Å². The first-order chi connectivity index (χ1) is 12.1. The molecule has 6 heteroatoms. The number of likely N-dealkylation sites (tertiary alicyclic amines) is 1. The van der Waals surface area contributed by atoms with Gasteiger partial charge in [-0.3, -0.25) is 4.99 Å². The molecule has 2 rings (SSSR count). The van der Waals surface area contributed by atoms with Gasteiger partial charge in [-0.25, -0.2) is 4.98 Å². The van der Waals surface area contributed by atoms with E-state index in [1.165, 1.54) is 51.0 Å². The fourth-order valence-corrected chi connectivity index (χ4v) is 3.90. The van der Waals surface area contributed by atoms with Crippen LogP contribution in [0.3, 0.4) is 0 Å². The molecule has 0 aromatic carbocycles. The van der Waals surface area contributed by atoms with E-state index in [1.807, 2.05) is 7.05 Å². The fraction of sp³-hybridized carbons (Fsp3) is 0.789. The number of piperidine rings is 1. The molecule has 0 radical (unpaired) electrons. The Bertz CT molecular complexity index is 518. The first kappa shape index (κ1) is 20.2. The van der Waals surface area contributed by atoms with Crippen molar-refractivity contribution in [2.75, 3.05) is 33.2 Å². The van der Waals surface area contributed by atoms with Crippen LogP contribution in [-0.4, -0.2) is 49.1 Å². The monoisotopic (exact) mass is 365 g/mol. The number of guanidine groups is 1. The third-order valence-corrected chi connectivity index (χ3v) is 5.73. The lowest BCUT2D eigenvalue weighted by Crippen LogP contribution is -2.38. The van der Waals surface area contributed by atoms with Crippen LogP contribution < -0.4 is 10.6 Å². The van der Waals surface area contributed by atoms with Gasteiger partial charge in [0.2, 0.25) is 0 Å². The first-order valence-corrected chi connectivity index (χ1v) is 10.6. The zero-order valence-corrected chi connectivity index (χ0v) is 17.2. The van der Waals surface area contributed by atoms with Crippen LogP contribution in [0.25, 0.3) is 0 Å². The average molecular weight is 366 g/mol. The molecule has 1 saturated heterocycles. The van der Waals surface area contributed by atoms with Gasteiger partial charge in [0.15, 0.2) is 5.96 Å². The molecular formula is C19H35N5S. The molecule has 1 fully saturated rings. The van der Waals surface area contributed by atoms with Gasteiger partial charge in [-0.2, -0.15) is 0 Å². The van der Waals surface area contributed by atoms with Crippen LogP contribution in [0.5, 0.6) is 0 Å². The lowest BCUT2D eigenvalue weighted by atomic mass is 9.99. The lowest BCUT2D eigenvalue weighted by molar-refractivity contribution is 0.189. The topological polar surface area (TPSA) is 52.6 Å². The highest BCUT2D eigenvalue weighted by Gasteiger charge is 2.14. The summed E-state index contributed by atoms with van der Waals surface area (Å²) in [4.78, 5) is 11.6. The Hall–Kier alpha value is -1.14. The molecule has 1 aliphatic heterocycles. The second-order valence-electron chi connectivity index (χ2n) is 7.40. The van der Waals surface area contributed by atoms with Crippen LogP contribution in [0.15, 0.2) is 10.4 Å². The molecule has 25 heavy (non-hydrogen) atoms. The molecule has 1 aliphatic rings. The van der Waals surface area contributed by atoms with Gasteiger partial charge in [-0.15, -0.1) is 11.3 Å². The van der Waals surface area contributed by atoms with Gasteiger partial charge in [-0.1, -0.05) is 20.8 Å². The van der Waals surface area contributed by atoms with Crippen molar-refractivity contribution in [2.45, 2.75) is 58.9 Å². The number of unbranched alkanes of at least 4 members (excludes halogenated alkanes) is 1. The molecule has 0 spiro atoms. The summed E-state index contributed by atoms with van der Waals surface area (Å²) in [7, 11) is 1.83. The minimum atomic E-state index is 0.491. The normalized spacial score (nSPS) is 17.2. The van der Waals surface area contributed by atoms with Crippen molar-refractivity contribution >= 4 is 17.3 Å². The smallest absolute Gasteiger partial charge is 0.191 e. The van der Waals surface area contributed by atoms with Crippen molar-refractivity contribution in [1.82, 2.24) is 20.5 Å². The Labute approximate surface area is 157 Å². The zero-order chi connectivity index (χ0) is 18.1. The SMILES string of the molecule is CN=C(NCCCCN1CCC(C)CC1)NCc1nc(C(C)C)cs1. The number of thiazole rings is 1. The highest BCUT2D eigenvalue weighted by Crippen LogP contribution is 2.17. The molecule has 2 heterocycles. The Kier molecular flexibility index (Phi) is 8.68. The molecule has 0 aliphatic carbocycles. The molecule has 1 aromatic heterocycles. The minimum absolute atomic E-state index is 0.491. The number of hydrogen-bond acceptors (Lipinski definition) is 4. The van der Waals surface area contributed by atoms with Crippen LogP contribution >= 0.6 is 11.3 Å². The first-order valence-electron chi connectivity index (χ1n) is 9.69. The van der Waals surface area contributed by atoms with Gasteiger partial charge in [0, 0.05) is 19.0 Å². The number of hydrogen-bond donors (Lipinski definition) is 2. The minimum Gasteiger partial charge on any atom is -0.356 e. The second kappa shape index (κ2) is 10.8. The summed E-state index contributed by atoms with van der Waals surface area (Å²) in [6, 6.07) is 0. The number of nitrogens with one attached hydrogen (secondary N) is 2. The van der Waals surface area contributed by atoms with E-state index in [4.69, 9.17) is 0 Å². The average Bonchev–Trinajstić information content (AvgIpc) is 3.08. The summed E-state index contributed by atoms with van der Waals surface area (Å²) in [6.07, 6.45) is 5.16. The van der Waals surface area contributed by atoms with Crippen molar-refractivity contribution < 1.29 is 0 Å². The summed E-state index contributed by atoms with van der Waals surface area (Å²) >= 11 is 1.72. The van der Waals surface area contributed by atoms with Crippen LogP contribution in [0, 0.1) is 5.92 Å². The van der Waals surface area contributed by atoms with Crippen LogP contribution in [-0.2, 0) is 6.54 Å². The molecule has 0 atom stereocenters. The van der Waals surface area contributed by atoms with Crippen molar-refractivity contribution in [2.24, 2.45) is 10.9 Å². The van der Waals surface area contributed by atoms with Gasteiger partial charge < -0.3 is 15.5 Å². The van der Waals surface area contributed by atoms with E-state index in [9.17, 15) is 0 Å². The molecule has 142 valence electrons. The summed E-state index contributed by atoms with van der Waals surface area (Å²) < 4.78 is 0. The second-order valence-corrected chi connectivity index (χ2v) is 8.35. The van der Waals surface area contributed by atoms with Crippen molar-refractivity contribution in [1.29, 1.82) is 0 Å². The maximum absolute atomic E-state index is 4.65. The van der Waals surface area contributed by atoms with Crippen molar-refractivity contribution in [3.05, 3.63) is 16.1 Å². The molecule has 0 unspecified atom stereocenters. The summed E-state index contributed by atoms with van der Waals surface area (Å²) in [5.41, 5.74) is 1.18. The molecule has 0 bridgehead atoms. The Balaban J connectivity index is 1.57. The maximum atomic E-state index is 4.65. The zero-order valence-electron chi connectivity index (χ0n) is 16.3. The van der Waals surface area contributed by atoms with Crippen LogP contribution in [0.2, 0.25) is 0 Å². The summed E-state index contributed by atoms with van der Waals surface area (Å²) in [5, 5.41) is 10.0. The molecule has 0 amide bonds. The van der Waals surface area contributed by atoms with E-state index in [1.54, 1.807) is 11.3 Å². The molecule has 2 N–H and O–H groups in total. The van der Waals surface area contributed by atoms with E-state index in [0.717, 1.165) is 30.0 Å². The maximum Gasteiger partial charge on any atom is 0.191 e. The molecule has 0 saturated carbocycles. The van der Waals surface area contributed by atoms with Crippen LogP contribution in [0.4, 0.5) is 0 Å². The van der Waals surface area contributed by atoms with E-state index in [2.05, 4.69) is 51.7 Å². The molecule has 1 aromatic rings. The third-order valence-electron chi connectivity index (χ3n) is 4.86. The van der Waals surface area contributed by atoms with E-state index >= 15 is 0 Å². The Morgan fingerprint density at radius 2 is 2.08 bits per heavy atom. The highest BCUT2D eigenvalue weighted by molar-refractivity contribution is 7.09. The van der Waals surface area contributed by atoms with Crippen LogP contribution in [0.1, 0.15) is 63.1 Å². The van der Waals surface area contributed by atoms with E-state index in [0.29, 0.717) is 5.92 Å². The molecule has 5 nitrogen and oxygen atoms in total. The summed E-state index contributed by atoms with van der Waals surface area (Å²) in [6.45, 7) is 12.2.